The van der Waals surface area contributed by atoms with Crippen LogP contribution in [0.25, 0.3) is 0 Å². The largest absolute Gasteiger partial charge is 0.465 e. The molecule has 0 radical (unpaired) electrons. The van der Waals surface area contributed by atoms with Crippen molar-refractivity contribution in [3.05, 3.63) is 36.3 Å². The third-order valence-electron chi connectivity index (χ3n) is 4.90. The molecule has 4 rings (SSSR count). The second-order valence-corrected chi connectivity index (χ2v) is 6.38. The van der Waals surface area contributed by atoms with Gasteiger partial charge in [0.2, 0.25) is 0 Å². The molecule has 1 aliphatic heterocycles. The van der Waals surface area contributed by atoms with Gasteiger partial charge in [0.25, 0.3) is 0 Å². The fraction of sp³-hybridized carbons (Fsp3) is 0.625. The van der Waals surface area contributed by atoms with E-state index in [1.807, 2.05) is 13.0 Å². The monoisotopic (exact) mass is 302 g/mol. The predicted molar refractivity (Wildman–Crippen MR) is 80.1 cm³/mol. The summed E-state index contributed by atoms with van der Waals surface area (Å²) in [6.45, 7) is 5.62. The number of rotatable bonds is 4. The number of ether oxygens (including phenoxy) is 1. The second-order valence-electron chi connectivity index (χ2n) is 6.38. The van der Waals surface area contributed by atoms with Crippen molar-refractivity contribution >= 4 is 0 Å². The van der Waals surface area contributed by atoms with Gasteiger partial charge in [-0.1, -0.05) is 0 Å². The average Bonchev–Trinajstić information content (AvgIpc) is 3.23. The van der Waals surface area contributed by atoms with E-state index in [1.54, 1.807) is 12.7 Å². The van der Waals surface area contributed by atoms with Crippen molar-refractivity contribution in [3.8, 4) is 0 Å². The lowest BCUT2D eigenvalue weighted by Gasteiger charge is -2.38. The number of nitrogens with zero attached hydrogens (tertiary/aromatic N) is 4. The molecule has 22 heavy (non-hydrogen) atoms. The van der Waals surface area contributed by atoms with E-state index in [-0.39, 0.29) is 0 Å². The molecule has 0 spiro atoms. The SMILES string of the molecule is Cc1ccc(CN2CCO[C@@H]3[C@H](Cn4cnnc4)CC[C@H]32)o1. The van der Waals surface area contributed by atoms with E-state index in [9.17, 15) is 0 Å². The van der Waals surface area contributed by atoms with Gasteiger partial charge in [0.15, 0.2) is 0 Å². The van der Waals surface area contributed by atoms with Crippen LogP contribution in [0.3, 0.4) is 0 Å². The van der Waals surface area contributed by atoms with E-state index in [1.165, 1.54) is 12.8 Å². The maximum Gasteiger partial charge on any atom is 0.119 e. The van der Waals surface area contributed by atoms with Gasteiger partial charge < -0.3 is 13.7 Å². The summed E-state index contributed by atoms with van der Waals surface area (Å²) in [6, 6.07) is 4.63. The molecule has 2 aromatic rings. The van der Waals surface area contributed by atoms with Crippen LogP contribution < -0.4 is 0 Å². The molecule has 3 heterocycles. The Morgan fingerprint density at radius 1 is 1.23 bits per heavy atom. The summed E-state index contributed by atoms with van der Waals surface area (Å²) in [5.41, 5.74) is 0. The molecule has 1 saturated heterocycles. The van der Waals surface area contributed by atoms with Crippen molar-refractivity contribution in [2.24, 2.45) is 5.92 Å². The van der Waals surface area contributed by atoms with Crippen molar-refractivity contribution in [2.75, 3.05) is 13.2 Å². The van der Waals surface area contributed by atoms with Crippen LogP contribution in [0.15, 0.2) is 29.2 Å². The van der Waals surface area contributed by atoms with Gasteiger partial charge in [0.05, 0.1) is 19.3 Å². The summed E-state index contributed by atoms with van der Waals surface area (Å²) in [5, 5.41) is 7.78. The first-order chi connectivity index (χ1) is 10.8. The number of hydrogen-bond acceptors (Lipinski definition) is 5. The number of aryl methyl sites for hydroxylation is 1. The Balaban J connectivity index is 1.44. The molecular formula is C16H22N4O2. The predicted octanol–water partition coefficient (Wildman–Crippen LogP) is 1.86. The zero-order chi connectivity index (χ0) is 14.9. The average molecular weight is 302 g/mol. The summed E-state index contributed by atoms with van der Waals surface area (Å²) in [7, 11) is 0. The van der Waals surface area contributed by atoms with Crippen molar-refractivity contribution < 1.29 is 9.15 Å². The van der Waals surface area contributed by atoms with Crippen molar-refractivity contribution in [3.63, 3.8) is 0 Å². The van der Waals surface area contributed by atoms with Crippen molar-refractivity contribution in [1.82, 2.24) is 19.7 Å². The molecule has 1 saturated carbocycles. The third-order valence-corrected chi connectivity index (χ3v) is 4.90. The van der Waals surface area contributed by atoms with Crippen LogP contribution in [-0.2, 0) is 17.8 Å². The molecule has 1 aliphatic carbocycles. The highest BCUT2D eigenvalue weighted by molar-refractivity contribution is 5.06. The summed E-state index contributed by atoms with van der Waals surface area (Å²) >= 11 is 0. The van der Waals surface area contributed by atoms with Gasteiger partial charge in [-0.25, -0.2) is 0 Å². The Morgan fingerprint density at radius 3 is 2.86 bits per heavy atom. The van der Waals surface area contributed by atoms with Crippen LogP contribution in [0, 0.1) is 12.8 Å². The molecule has 0 bridgehead atoms. The molecule has 2 fully saturated rings. The molecule has 0 unspecified atom stereocenters. The van der Waals surface area contributed by atoms with Crippen LogP contribution >= 0.6 is 0 Å². The van der Waals surface area contributed by atoms with Crippen LogP contribution in [0.2, 0.25) is 0 Å². The molecule has 0 amide bonds. The highest BCUT2D eigenvalue weighted by atomic mass is 16.5. The maximum atomic E-state index is 6.11. The number of morpholine rings is 1. The fourth-order valence-electron chi connectivity index (χ4n) is 3.89. The first-order valence-corrected chi connectivity index (χ1v) is 8.03. The topological polar surface area (TPSA) is 56.3 Å². The van der Waals surface area contributed by atoms with Gasteiger partial charge >= 0.3 is 0 Å². The number of hydrogen-bond donors (Lipinski definition) is 0. The minimum Gasteiger partial charge on any atom is -0.465 e. The standard InChI is InChI=1S/C16H22N4O2/c1-12-2-4-14(22-12)9-20-6-7-21-16-13(3-5-15(16)20)8-19-10-17-18-11-19/h2,4,10-11,13,15-16H,3,5-9H2,1H3/t13-,15+,16+/m0/s1. The third kappa shape index (κ3) is 2.68. The van der Waals surface area contributed by atoms with E-state index in [0.29, 0.717) is 18.1 Å². The lowest BCUT2D eigenvalue weighted by atomic mass is 10.0. The lowest BCUT2D eigenvalue weighted by molar-refractivity contribution is -0.0801. The molecule has 6 heteroatoms. The molecule has 3 atom stereocenters. The zero-order valence-corrected chi connectivity index (χ0v) is 12.9. The molecule has 118 valence electrons. The minimum atomic E-state index is 0.312. The molecule has 6 nitrogen and oxygen atoms in total. The van der Waals surface area contributed by atoms with Crippen molar-refractivity contribution in [2.45, 2.75) is 45.0 Å². The molecular weight excluding hydrogens is 280 g/mol. The first kappa shape index (κ1) is 14.0. The van der Waals surface area contributed by atoms with Crippen LogP contribution in [0.1, 0.15) is 24.4 Å². The highest BCUT2D eigenvalue weighted by Crippen LogP contribution is 2.36. The molecule has 0 aromatic carbocycles. The molecule has 2 aromatic heterocycles. The van der Waals surface area contributed by atoms with Gasteiger partial charge in [0, 0.05) is 25.0 Å². The summed E-state index contributed by atoms with van der Waals surface area (Å²) in [6.07, 6.45) is 6.28. The highest BCUT2D eigenvalue weighted by Gasteiger charge is 2.42. The Hall–Kier alpha value is -1.66. The summed E-state index contributed by atoms with van der Waals surface area (Å²) < 4.78 is 13.9. The Labute approximate surface area is 130 Å². The number of fused-ring (bicyclic) bond motifs is 1. The van der Waals surface area contributed by atoms with Gasteiger partial charge in [-0.15, -0.1) is 10.2 Å². The normalized spacial score (nSPS) is 28.9. The second kappa shape index (κ2) is 5.85. The van der Waals surface area contributed by atoms with E-state index in [2.05, 4.69) is 25.7 Å². The van der Waals surface area contributed by atoms with Gasteiger partial charge in [-0.05, 0) is 31.9 Å². The fourth-order valence-corrected chi connectivity index (χ4v) is 3.89. The van der Waals surface area contributed by atoms with E-state index in [0.717, 1.165) is 37.8 Å². The van der Waals surface area contributed by atoms with Gasteiger partial charge in [0.1, 0.15) is 24.2 Å². The van der Waals surface area contributed by atoms with Crippen LogP contribution in [0.5, 0.6) is 0 Å². The maximum absolute atomic E-state index is 6.11. The van der Waals surface area contributed by atoms with Gasteiger partial charge in [-0.2, -0.15) is 0 Å². The zero-order valence-electron chi connectivity index (χ0n) is 12.9. The van der Waals surface area contributed by atoms with Gasteiger partial charge in [-0.3, -0.25) is 4.90 Å². The number of furan rings is 1. The van der Waals surface area contributed by atoms with E-state index >= 15 is 0 Å². The smallest absolute Gasteiger partial charge is 0.119 e. The first-order valence-electron chi connectivity index (χ1n) is 8.03. The Morgan fingerprint density at radius 2 is 2.09 bits per heavy atom. The minimum absolute atomic E-state index is 0.312. The quantitative estimate of drug-likeness (QED) is 0.863. The summed E-state index contributed by atoms with van der Waals surface area (Å²) in [4.78, 5) is 2.53. The Bertz CT molecular complexity index is 609. The van der Waals surface area contributed by atoms with E-state index < -0.39 is 0 Å². The molecule has 0 N–H and O–H groups in total. The van der Waals surface area contributed by atoms with Crippen molar-refractivity contribution in [1.29, 1.82) is 0 Å². The number of aromatic nitrogens is 3. The van der Waals surface area contributed by atoms with Crippen LogP contribution in [-0.4, -0.2) is 45.0 Å². The Kier molecular flexibility index (Phi) is 3.72. The summed E-state index contributed by atoms with van der Waals surface area (Å²) in [5.74, 6) is 2.58. The van der Waals surface area contributed by atoms with Crippen LogP contribution in [0.4, 0.5) is 0 Å². The van der Waals surface area contributed by atoms with E-state index in [4.69, 9.17) is 9.15 Å². The lowest BCUT2D eigenvalue weighted by Crippen LogP contribution is -2.50. The molecule has 2 aliphatic rings.